The van der Waals surface area contributed by atoms with Gasteiger partial charge in [-0.15, -0.1) is 0 Å². The van der Waals surface area contributed by atoms with Gasteiger partial charge in [0.1, 0.15) is 5.75 Å². The predicted octanol–water partition coefficient (Wildman–Crippen LogP) is 2.07. The number of alkyl halides is 3. The molecule has 0 fully saturated rings. The van der Waals surface area contributed by atoms with Crippen LogP contribution in [0.1, 0.15) is 15.9 Å². The first-order chi connectivity index (χ1) is 7.40. The van der Waals surface area contributed by atoms with Gasteiger partial charge in [0, 0.05) is 7.05 Å². The van der Waals surface area contributed by atoms with Gasteiger partial charge in [-0.25, -0.2) is 0 Å². The minimum atomic E-state index is -4.45. The number of carbonyl (C=O) groups excluding carboxylic acids is 1. The summed E-state index contributed by atoms with van der Waals surface area (Å²) in [4.78, 5) is 11.3. The maximum atomic E-state index is 12.4. The van der Waals surface area contributed by atoms with Crippen molar-refractivity contribution in [3.05, 3.63) is 29.3 Å². The molecule has 0 unspecified atom stereocenters. The molecule has 16 heavy (non-hydrogen) atoms. The molecule has 88 valence electrons. The number of rotatable bonds is 2. The van der Waals surface area contributed by atoms with Gasteiger partial charge < -0.3 is 10.1 Å². The van der Waals surface area contributed by atoms with Crippen molar-refractivity contribution >= 4 is 5.91 Å². The number of benzene rings is 1. The Labute approximate surface area is 90.2 Å². The molecule has 1 aromatic carbocycles. The van der Waals surface area contributed by atoms with Crippen molar-refractivity contribution in [1.82, 2.24) is 5.32 Å². The van der Waals surface area contributed by atoms with Crippen LogP contribution in [0.25, 0.3) is 0 Å². The van der Waals surface area contributed by atoms with E-state index in [1.54, 1.807) is 0 Å². The van der Waals surface area contributed by atoms with Crippen LogP contribution in [0.5, 0.6) is 5.75 Å². The Bertz CT molecular complexity index is 402. The number of ether oxygens (including phenoxy) is 1. The highest BCUT2D eigenvalue weighted by molar-refractivity contribution is 5.96. The van der Waals surface area contributed by atoms with E-state index < -0.39 is 17.6 Å². The molecule has 0 saturated carbocycles. The summed E-state index contributed by atoms with van der Waals surface area (Å²) >= 11 is 0. The molecular formula is C10H10F3NO2. The molecule has 0 spiro atoms. The molecule has 0 radical (unpaired) electrons. The normalized spacial score (nSPS) is 11.1. The van der Waals surface area contributed by atoms with Crippen LogP contribution in [0.15, 0.2) is 18.2 Å². The molecule has 0 atom stereocenters. The van der Waals surface area contributed by atoms with Crippen molar-refractivity contribution in [3.63, 3.8) is 0 Å². The fourth-order valence-electron chi connectivity index (χ4n) is 1.19. The highest BCUT2D eigenvalue weighted by Crippen LogP contribution is 2.32. The zero-order chi connectivity index (χ0) is 12.3. The van der Waals surface area contributed by atoms with Crippen LogP contribution in [0.2, 0.25) is 0 Å². The first-order valence-corrected chi connectivity index (χ1v) is 4.37. The molecule has 0 aliphatic carbocycles. The smallest absolute Gasteiger partial charge is 0.416 e. The average Bonchev–Trinajstić information content (AvgIpc) is 2.26. The molecule has 6 heteroatoms. The number of methoxy groups -OCH3 is 1. The largest absolute Gasteiger partial charge is 0.496 e. The second kappa shape index (κ2) is 4.42. The van der Waals surface area contributed by atoms with Crippen molar-refractivity contribution in [2.45, 2.75) is 6.18 Å². The maximum absolute atomic E-state index is 12.4. The van der Waals surface area contributed by atoms with Gasteiger partial charge >= 0.3 is 6.18 Å². The molecule has 0 aliphatic rings. The van der Waals surface area contributed by atoms with Crippen molar-refractivity contribution in [3.8, 4) is 5.75 Å². The topological polar surface area (TPSA) is 38.3 Å². The molecule has 3 nitrogen and oxygen atoms in total. The fraction of sp³-hybridized carbons (Fsp3) is 0.300. The Morgan fingerprint density at radius 3 is 2.44 bits per heavy atom. The summed E-state index contributed by atoms with van der Waals surface area (Å²) in [7, 11) is 2.60. The summed E-state index contributed by atoms with van der Waals surface area (Å²) < 4.78 is 41.8. The first-order valence-electron chi connectivity index (χ1n) is 4.37. The number of nitrogens with one attached hydrogen (secondary N) is 1. The van der Waals surface area contributed by atoms with Crippen molar-refractivity contribution in [2.75, 3.05) is 14.2 Å². The quantitative estimate of drug-likeness (QED) is 0.849. The van der Waals surface area contributed by atoms with Gasteiger partial charge in [-0.2, -0.15) is 13.2 Å². The minimum Gasteiger partial charge on any atom is -0.496 e. The molecule has 1 N–H and O–H groups in total. The summed E-state index contributed by atoms with van der Waals surface area (Å²) in [6, 6.07) is 2.72. The summed E-state index contributed by atoms with van der Waals surface area (Å²) in [5.74, 6) is -0.597. The van der Waals surface area contributed by atoms with Crippen LogP contribution >= 0.6 is 0 Å². The van der Waals surface area contributed by atoms with Gasteiger partial charge in [0.25, 0.3) is 5.91 Å². The monoisotopic (exact) mass is 233 g/mol. The number of hydrogen-bond donors (Lipinski definition) is 1. The van der Waals surface area contributed by atoms with E-state index in [4.69, 9.17) is 4.74 Å². The molecule has 0 aromatic heterocycles. The lowest BCUT2D eigenvalue weighted by atomic mass is 10.1. The molecule has 0 heterocycles. The lowest BCUT2D eigenvalue weighted by Crippen LogP contribution is -2.19. The van der Waals surface area contributed by atoms with E-state index in [1.165, 1.54) is 14.2 Å². The van der Waals surface area contributed by atoms with Gasteiger partial charge in [0.2, 0.25) is 0 Å². The van der Waals surface area contributed by atoms with Crippen LogP contribution in [-0.4, -0.2) is 20.1 Å². The number of hydrogen-bond acceptors (Lipinski definition) is 2. The van der Waals surface area contributed by atoms with Crippen LogP contribution in [0.3, 0.4) is 0 Å². The highest BCUT2D eigenvalue weighted by atomic mass is 19.4. The van der Waals surface area contributed by atoms with Gasteiger partial charge in [0.15, 0.2) is 0 Å². The lowest BCUT2D eigenvalue weighted by molar-refractivity contribution is -0.137. The van der Waals surface area contributed by atoms with Crippen molar-refractivity contribution in [2.24, 2.45) is 0 Å². The first kappa shape index (κ1) is 12.4. The molecular weight excluding hydrogens is 223 g/mol. The SMILES string of the molecule is CNC(=O)c1ccc(C(F)(F)F)cc1OC. The summed E-state index contributed by atoms with van der Waals surface area (Å²) in [5, 5.41) is 2.31. The third-order valence-corrected chi connectivity index (χ3v) is 2.00. The molecule has 0 bridgehead atoms. The maximum Gasteiger partial charge on any atom is 0.416 e. The van der Waals surface area contributed by atoms with E-state index in [2.05, 4.69) is 5.32 Å². The van der Waals surface area contributed by atoms with E-state index in [-0.39, 0.29) is 11.3 Å². The predicted molar refractivity (Wildman–Crippen MR) is 51.4 cm³/mol. The standard InChI is InChI=1S/C10H10F3NO2/c1-14-9(15)7-4-3-6(10(11,12)13)5-8(7)16-2/h3-5H,1-2H3,(H,14,15). The third kappa shape index (κ3) is 2.44. The van der Waals surface area contributed by atoms with E-state index in [1.807, 2.05) is 0 Å². The van der Waals surface area contributed by atoms with Gasteiger partial charge in [-0.3, -0.25) is 4.79 Å². The molecule has 0 saturated heterocycles. The van der Waals surface area contributed by atoms with Crippen LogP contribution in [-0.2, 0) is 6.18 Å². The molecule has 0 aliphatic heterocycles. The Morgan fingerprint density at radius 2 is 2.00 bits per heavy atom. The highest BCUT2D eigenvalue weighted by Gasteiger charge is 2.31. The number of halogens is 3. The summed E-state index contributed by atoms with van der Waals surface area (Å²) in [6.45, 7) is 0. The molecule has 1 aromatic rings. The Balaban J connectivity index is 3.22. The number of carbonyl (C=O) groups is 1. The molecule has 1 amide bonds. The Morgan fingerprint density at radius 1 is 1.38 bits per heavy atom. The van der Waals surface area contributed by atoms with E-state index in [0.29, 0.717) is 0 Å². The van der Waals surface area contributed by atoms with E-state index in [0.717, 1.165) is 18.2 Å². The third-order valence-electron chi connectivity index (χ3n) is 2.00. The zero-order valence-electron chi connectivity index (χ0n) is 8.68. The second-order valence-corrected chi connectivity index (χ2v) is 2.99. The van der Waals surface area contributed by atoms with Crippen LogP contribution in [0.4, 0.5) is 13.2 Å². The van der Waals surface area contributed by atoms with E-state index >= 15 is 0 Å². The Kier molecular flexibility index (Phi) is 3.41. The van der Waals surface area contributed by atoms with Crippen LogP contribution < -0.4 is 10.1 Å². The number of amides is 1. The Hall–Kier alpha value is -1.72. The van der Waals surface area contributed by atoms with Crippen molar-refractivity contribution in [1.29, 1.82) is 0 Å². The van der Waals surface area contributed by atoms with Gasteiger partial charge in [-0.05, 0) is 18.2 Å². The average molecular weight is 233 g/mol. The molecule has 1 rings (SSSR count). The second-order valence-electron chi connectivity index (χ2n) is 2.99. The fourth-order valence-corrected chi connectivity index (χ4v) is 1.19. The summed E-state index contributed by atoms with van der Waals surface area (Å²) in [5.41, 5.74) is -0.782. The summed E-state index contributed by atoms with van der Waals surface area (Å²) in [6.07, 6.45) is -4.45. The lowest BCUT2D eigenvalue weighted by Gasteiger charge is -2.11. The zero-order valence-corrected chi connectivity index (χ0v) is 8.68. The van der Waals surface area contributed by atoms with Gasteiger partial charge in [0.05, 0.1) is 18.2 Å². The minimum absolute atomic E-state index is 0.0676. The van der Waals surface area contributed by atoms with E-state index in [9.17, 15) is 18.0 Å². The van der Waals surface area contributed by atoms with Crippen molar-refractivity contribution < 1.29 is 22.7 Å². The van der Waals surface area contributed by atoms with Crippen LogP contribution in [0, 0.1) is 0 Å². The van der Waals surface area contributed by atoms with Gasteiger partial charge in [-0.1, -0.05) is 0 Å².